The number of nitrogens with zero attached hydrogens (tertiary/aromatic N) is 3. The summed E-state index contributed by atoms with van der Waals surface area (Å²) in [5.74, 6) is 0. The zero-order valence-electron chi connectivity index (χ0n) is 13.2. The first-order valence-electron chi connectivity index (χ1n) is 7.31. The van der Waals surface area contributed by atoms with Gasteiger partial charge >= 0.3 is 0 Å². The zero-order chi connectivity index (χ0) is 16.6. The highest BCUT2D eigenvalue weighted by Crippen LogP contribution is 2.22. The summed E-state index contributed by atoms with van der Waals surface area (Å²) in [7, 11) is -3.68. The summed E-state index contributed by atoms with van der Waals surface area (Å²) >= 11 is 1.41. The first-order valence-corrected chi connectivity index (χ1v) is 9.61. The Morgan fingerprint density at radius 2 is 1.91 bits per heavy atom. The lowest BCUT2D eigenvalue weighted by molar-refractivity contribution is 0.572. The third-order valence-electron chi connectivity index (χ3n) is 3.51. The van der Waals surface area contributed by atoms with Crippen LogP contribution in [0.3, 0.4) is 0 Å². The third-order valence-corrected chi connectivity index (χ3v) is 6.07. The second-order valence-electron chi connectivity index (χ2n) is 5.36. The normalized spacial score (nSPS) is 12.1. The van der Waals surface area contributed by atoms with Crippen LogP contribution >= 0.6 is 11.3 Å². The molecule has 0 saturated carbocycles. The van der Waals surface area contributed by atoms with Crippen molar-refractivity contribution in [3.05, 3.63) is 46.1 Å². The molecule has 0 unspecified atom stereocenters. The average Bonchev–Trinajstić information content (AvgIpc) is 3.02. The van der Waals surface area contributed by atoms with Crippen LogP contribution in [0.5, 0.6) is 0 Å². The largest absolute Gasteiger partial charge is 0.260 e. The molecule has 6 nitrogen and oxygen atoms in total. The molecule has 2 aromatic heterocycles. The molecule has 1 N–H and O–H groups in total. The highest BCUT2D eigenvalue weighted by molar-refractivity contribution is 7.89. The van der Waals surface area contributed by atoms with E-state index in [1.165, 1.54) is 15.9 Å². The van der Waals surface area contributed by atoms with E-state index in [1.54, 1.807) is 6.92 Å². The standard InChI is InChI=1S/C15H18N4O2S2/c1-4-13-18-19-14(11(3)17-15(19)22-13)23(20,21)16-9-12-7-5-10(2)6-8-12/h5-8,16H,4,9H2,1-3H3. The van der Waals surface area contributed by atoms with Gasteiger partial charge in [-0.2, -0.15) is 9.61 Å². The maximum Gasteiger partial charge on any atom is 0.260 e. The average molecular weight is 350 g/mol. The van der Waals surface area contributed by atoms with Crippen LogP contribution in [0.25, 0.3) is 4.96 Å². The molecule has 2 heterocycles. The summed E-state index contributed by atoms with van der Waals surface area (Å²) < 4.78 is 29.4. The van der Waals surface area contributed by atoms with Gasteiger partial charge in [0.15, 0.2) is 5.03 Å². The van der Waals surface area contributed by atoms with E-state index >= 15 is 0 Å². The van der Waals surface area contributed by atoms with Crippen molar-refractivity contribution in [1.82, 2.24) is 19.3 Å². The number of hydrogen-bond donors (Lipinski definition) is 1. The maximum atomic E-state index is 12.7. The molecule has 3 aromatic rings. The van der Waals surface area contributed by atoms with Crippen LogP contribution in [-0.4, -0.2) is 23.0 Å². The van der Waals surface area contributed by atoms with Gasteiger partial charge in [0.05, 0.1) is 5.69 Å². The molecule has 3 rings (SSSR count). The van der Waals surface area contributed by atoms with E-state index in [4.69, 9.17) is 0 Å². The van der Waals surface area contributed by atoms with E-state index in [-0.39, 0.29) is 11.6 Å². The molecule has 0 aliphatic carbocycles. The molecule has 0 spiro atoms. The van der Waals surface area contributed by atoms with Gasteiger partial charge in [-0.1, -0.05) is 48.1 Å². The van der Waals surface area contributed by atoms with E-state index < -0.39 is 10.0 Å². The van der Waals surface area contributed by atoms with Crippen molar-refractivity contribution in [3.8, 4) is 0 Å². The van der Waals surface area contributed by atoms with Crippen molar-refractivity contribution >= 4 is 26.3 Å². The van der Waals surface area contributed by atoms with Gasteiger partial charge in [0.1, 0.15) is 5.01 Å². The van der Waals surface area contributed by atoms with Crippen LogP contribution < -0.4 is 4.72 Å². The quantitative estimate of drug-likeness (QED) is 0.767. The number of hydrogen-bond acceptors (Lipinski definition) is 5. The molecule has 0 aliphatic heterocycles. The smallest absolute Gasteiger partial charge is 0.221 e. The number of aryl methyl sites for hydroxylation is 3. The fourth-order valence-electron chi connectivity index (χ4n) is 2.27. The van der Waals surface area contributed by atoms with Gasteiger partial charge in [-0.3, -0.25) is 0 Å². The monoisotopic (exact) mass is 350 g/mol. The van der Waals surface area contributed by atoms with E-state index in [1.807, 2.05) is 38.1 Å². The SMILES string of the molecule is CCc1nn2c(S(=O)(=O)NCc3ccc(C)cc3)c(C)nc2s1. The van der Waals surface area contributed by atoms with Crippen LogP contribution in [-0.2, 0) is 23.0 Å². The van der Waals surface area contributed by atoms with Crippen LogP contribution in [0.1, 0.15) is 28.8 Å². The van der Waals surface area contributed by atoms with Crippen LogP contribution in [0, 0.1) is 13.8 Å². The first-order chi connectivity index (χ1) is 10.9. The van der Waals surface area contributed by atoms with Crippen LogP contribution in [0.15, 0.2) is 29.3 Å². The molecule has 0 saturated heterocycles. The van der Waals surface area contributed by atoms with Crippen LogP contribution in [0.4, 0.5) is 0 Å². The van der Waals surface area contributed by atoms with Crippen molar-refractivity contribution < 1.29 is 8.42 Å². The molecule has 8 heteroatoms. The van der Waals surface area contributed by atoms with Gasteiger partial charge in [-0.15, -0.1) is 0 Å². The Balaban J connectivity index is 1.91. The Kier molecular flexibility index (Phi) is 4.22. The molecule has 0 fully saturated rings. The number of imidazole rings is 1. The van der Waals surface area contributed by atoms with E-state index in [0.717, 1.165) is 22.6 Å². The predicted molar refractivity (Wildman–Crippen MR) is 90.2 cm³/mol. The number of aromatic nitrogens is 3. The first kappa shape index (κ1) is 16.1. The number of sulfonamides is 1. The minimum Gasteiger partial charge on any atom is -0.221 e. The van der Waals surface area contributed by atoms with E-state index in [2.05, 4.69) is 14.8 Å². The van der Waals surface area contributed by atoms with Crippen molar-refractivity contribution in [3.63, 3.8) is 0 Å². The summed E-state index contributed by atoms with van der Waals surface area (Å²) in [6, 6.07) is 7.74. The molecule has 0 aliphatic rings. The van der Waals surface area contributed by atoms with Crippen molar-refractivity contribution in [2.75, 3.05) is 0 Å². The second-order valence-corrected chi connectivity index (χ2v) is 8.08. The second kappa shape index (κ2) is 6.03. The molecule has 0 bridgehead atoms. The highest BCUT2D eigenvalue weighted by Gasteiger charge is 2.25. The molecule has 0 amide bonds. The number of rotatable bonds is 5. The third kappa shape index (κ3) is 3.15. The predicted octanol–water partition coefficient (Wildman–Crippen LogP) is 2.45. The van der Waals surface area contributed by atoms with Gasteiger partial charge in [0, 0.05) is 6.54 Å². The lowest BCUT2D eigenvalue weighted by Gasteiger charge is -2.07. The maximum absolute atomic E-state index is 12.7. The lowest BCUT2D eigenvalue weighted by atomic mass is 10.2. The Morgan fingerprint density at radius 3 is 2.57 bits per heavy atom. The van der Waals surface area contributed by atoms with Crippen molar-refractivity contribution in [2.45, 2.75) is 38.8 Å². The van der Waals surface area contributed by atoms with Crippen molar-refractivity contribution in [2.24, 2.45) is 0 Å². The van der Waals surface area contributed by atoms with E-state index in [9.17, 15) is 8.42 Å². The van der Waals surface area contributed by atoms with Gasteiger partial charge < -0.3 is 0 Å². The minimum atomic E-state index is -3.68. The summed E-state index contributed by atoms with van der Waals surface area (Å²) in [6.07, 6.45) is 0.753. The lowest BCUT2D eigenvalue weighted by Crippen LogP contribution is -2.25. The molecule has 0 radical (unpaired) electrons. The summed E-state index contributed by atoms with van der Waals surface area (Å²) in [6.45, 7) is 5.90. The number of fused-ring (bicyclic) bond motifs is 1. The summed E-state index contributed by atoms with van der Waals surface area (Å²) in [5, 5.41) is 5.32. The number of benzene rings is 1. The fraction of sp³-hybridized carbons (Fsp3) is 0.333. The Morgan fingerprint density at radius 1 is 1.22 bits per heavy atom. The van der Waals surface area contributed by atoms with Gasteiger partial charge in [-0.05, 0) is 25.8 Å². The van der Waals surface area contributed by atoms with Gasteiger partial charge in [-0.25, -0.2) is 18.1 Å². The molecule has 122 valence electrons. The van der Waals surface area contributed by atoms with Crippen molar-refractivity contribution in [1.29, 1.82) is 0 Å². The molecular weight excluding hydrogens is 332 g/mol. The van der Waals surface area contributed by atoms with Gasteiger partial charge in [0.2, 0.25) is 4.96 Å². The fourth-order valence-corrected chi connectivity index (χ4v) is 4.49. The Hall–Kier alpha value is -1.77. The molecular formula is C15H18N4O2S2. The zero-order valence-corrected chi connectivity index (χ0v) is 14.8. The topological polar surface area (TPSA) is 76.4 Å². The number of nitrogens with one attached hydrogen (secondary N) is 1. The van der Waals surface area contributed by atoms with E-state index in [0.29, 0.717) is 10.7 Å². The summed E-state index contributed by atoms with van der Waals surface area (Å²) in [4.78, 5) is 4.92. The molecule has 23 heavy (non-hydrogen) atoms. The Labute approximate surface area is 139 Å². The Bertz CT molecular complexity index is 940. The summed E-state index contributed by atoms with van der Waals surface area (Å²) in [5.41, 5.74) is 2.51. The minimum absolute atomic E-state index is 0.121. The highest BCUT2D eigenvalue weighted by atomic mass is 32.2. The van der Waals surface area contributed by atoms with Crippen LogP contribution in [0.2, 0.25) is 0 Å². The molecule has 1 aromatic carbocycles. The van der Waals surface area contributed by atoms with Gasteiger partial charge in [0.25, 0.3) is 10.0 Å². The molecule has 0 atom stereocenters.